The first-order valence-corrected chi connectivity index (χ1v) is 6.87. The first-order chi connectivity index (χ1) is 8.52. The van der Waals surface area contributed by atoms with Gasteiger partial charge in [0.05, 0.1) is 15.0 Å². The summed E-state index contributed by atoms with van der Waals surface area (Å²) >= 11 is 9.24. The molecule has 18 heavy (non-hydrogen) atoms. The number of nitrogens with zero attached hydrogens (tertiary/aromatic N) is 1. The zero-order chi connectivity index (χ0) is 13.0. The number of halogens is 3. The van der Waals surface area contributed by atoms with Gasteiger partial charge in [-0.15, -0.1) is 0 Å². The van der Waals surface area contributed by atoms with E-state index in [2.05, 4.69) is 15.9 Å². The van der Waals surface area contributed by atoms with Crippen LogP contribution in [0.4, 0.5) is 4.39 Å². The molecule has 0 unspecified atom stereocenters. The van der Waals surface area contributed by atoms with Crippen molar-refractivity contribution < 1.29 is 4.39 Å². The number of aromatic nitrogens is 1. The van der Waals surface area contributed by atoms with Crippen molar-refractivity contribution >= 4 is 38.4 Å². The third kappa shape index (κ3) is 1.62. The molecule has 0 aliphatic heterocycles. The van der Waals surface area contributed by atoms with Gasteiger partial charge in [0.15, 0.2) is 5.82 Å². The van der Waals surface area contributed by atoms with Crippen molar-refractivity contribution in [3.8, 4) is 0 Å². The van der Waals surface area contributed by atoms with Crippen LogP contribution in [0.5, 0.6) is 0 Å². The minimum absolute atomic E-state index is 0.0531. The Morgan fingerprint density at radius 3 is 2.72 bits per heavy atom. The molecule has 0 N–H and O–H groups in total. The standard InChI is InChI=1S/C13H10BrClFNO/c1-6-10(14)12(16)11(15)8-4-5-9(18)17(13(6)8)7-2-3-7/h4-5,7H,2-3H2,1H3. The molecule has 0 atom stereocenters. The van der Waals surface area contributed by atoms with Crippen LogP contribution in [0.2, 0.25) is 5.02 Å². The van der Waals surface area contributed by atoms with Crippen molar-refractivity contribution in [2.24, 2.45) is 0 Å². The highest BCUT2D eigenvalue weighted by atomic mass is 79.9. The lowest BCUT2D eigenvalue weighted by atomic mass is 10.1. The van der Waals surface area contributed by atoms with Crippen molar-refractivity contribution in [1.82, 2.24) is 4.57 Å². The Kier molecular flexibility index (Phi) is 2.75. The van der Waals surface area contributed by atoms with Crippen molar-refractivity contribution in [1.29, 1.82) is 0 Å². The lowest BCUT2D eigenvalue weighted by Gasteiger charge is -2.14. The van der Waals surface area contributed by atoms with E-state index in [0.717, 1.165) is 23.9 Å². The number of hydrogen-bond acceptors (Lipinski definition) is 1. The van der Waals surface area contributed by atoms with Gasteiger partial charge in [0.1, 0.15) is 0 Å². The predicted octanol–water partition coefficient (Wildman–Crippen LogP) is 4.20. The van der Waals surface area contributed by atoms with Gasteiger partial charge < -0.3 is 4.57 Å². The zero-order valence-electron chi connectivity index (χ0n) is 9.64. The summed E-state index contributed by atoms with van der Waals surface area (Å²) in [4.78, 5) is 12.0. The molecule has 1 aromatic carbocycles. The number of rotatable bonds is 1. The molecule has 94 valence electrons. The Bertz CT molecular complexity index is 721. The molecule has 0 saturated heterocycles. The monoisotopic (exact) mass is 329 g/mol. The van der Waals surface area contributed by atoms with E-state index in [9.17, 15) is 9.18 Å². The van der Waals surface area contributed by atoms with Crippen LogP contribution < -0.4 is 5.56 Å². The summed E-state index contributed by atoms with van der Waals surface area (Å²) in [6.07, 6.45) is 1.98. The van der Waals surface area contributed by atoms with Crippen LogP contribution in [0, 0.1) is 12.7 Å². The van der Waals surface area contributed by atoms with Crippen molar-refractivity contribution in [2.75, 3.05) is 0 Å². The minimum atomic E-state index is -0.470. The quantitative estimate of drug-likeness (QED) is 0.718. The summed E-state index contributed by atoms with van der Waals surface area (Å²) in [5.41, 5.74) is 1.41. The summed E-state index contributed by atoms with van der Waals surface area (Å²) in [5, 5.41) is 0.665. The molecule has 3 rings (SSSR count). The second-order valence-corrected chi connectivity index (χ2v) is 5.77. The Balaban J connectivity index is 2.55. The van der Waals surface area contributed by atoms with E-state index in [1.807, 2.05) is 0 Å². The fourth-order valence-electron chi connectivity index (χ4n) is 2.29. The Labute approximate surface area is 116 Å². The predicted molar refractivity (Wildman–Crippen MR) is 73.9 cm³/mol. The molecule has 2 nitrogen and oxygen atoms in total. The average molecular weight is 331 g/mol. The summed E-state index contributed by atoms with van der Waals surface area (Å²) < 4.78 is 16.0. The van der Waals surface area contributed by atoms with Gasteiger partial charge in [-0.05, 0) is 47.3 Å². The van der Waals surface area contributed by atoms with Crippen LogP contribution in [0.1, 0.15) is 24.4 Å². The summed E-state index contributed by atoms with van der Waals surface area (Å²) in [6.45, 7) is 1.80. The molecule has 1 aromatic heterocycles. The molecule has 1 saturated carbocycles. The third-order valence-corrected chi connectivity index (χ3v) is 4.66. The third-order valence-electron chi connectivity index (χ3n) is 3.34. The minimum Gasteiger partial charge on any atom is -0.305 e. The van der Waals surface area contributed by atoms with E-state index in [0.29, 0.717) is 9.86 Å². The van der Waals surface area contributed by atoms with Gasteiger partial charge >= 0.3 is 0 Å². The fourth-order valence-corrected chi connectivity index (χ4v) is 3.04. The van der Waals surface area contributed by atoms with Gasteiger partial charge in [-0.3, -0.25) is 4.79 Å². The first kappa shape index (κ1) is 12.2. The van der Waals surface area contributed by atoms with Crippen LogP contribution in [-0.4, -0.2) is 4.57 Å². The smallest absolute Gasteiger partial charge is 0.251 e. The maximum Gasteiger partial charge on any atom is 0.251 e. The summed E-state index contributed by atoms with van der Waals surface area (Å²) in [6, 6.07) is 3.29. The van der Waals surface area contributed by atoms with Gasteiger partial charge in [-0.1, -0.05) is 11.6 Å². The highest BCUT2D eigenvalue weighted by Crippen LogP contribution is 2.40. The molecule has 0 bridgehead atoms. The summed E-state index contributed by atoms with van der Waals surface area (Å²) in [5.74, 6) is -0.470. The van der Waals surface area contributed by atoms with Crippen LogP contribution in [0.25, 0.3) is 10.9 Å². The van der Waals surface area contributed by atoms with Gasteiger partial charge in [0.2, 0.25) is 0 Å². The van der Waals surface area contributed by atoms with E-state index in [1.165, 1.54) is 6.07 Å². The number of pyridine rings is 1. The van der Waals surface area contributed by atoms with Gasteiger partial charge in [-0.25, -0.2) is 4.39 Å². The van der Waals surface area contributed by atoms with Gasteiger partial charge in [0, 0.05) is 17.5 Å². The molecule has 1 fully saturated rings. The van der Waals surface area contributed by atoms with Crippen LogP contribution in [0.15, 0.2) is 21.4 Å². The lowest BCUT2D eigenvalue weighted by molar-refractivity contribution is 0.621. The van der Waals surface area contributed by atoms with Crippen LogP contribution in [0.3, 0.4) is 0 Å². The maximum absolute atomic E-state index is 13.9. The number of hydrogen-bond donors (Lipinski definition) is 0. The molecule has 2 aromatic rings. The Hall–Kier alpha value is -0.870. The second-order valence-electron chi connectivity index (χ2n) is 4.60. The molecular formula is C13H10BrClFNO. The molecule has 1 heterocycles. The highest BCUT2D eigenvalue weighted by Gasteiger charge is 2.28. The van der Waals surface area contributed by atoms with E-state index in [1.54, 1.807) is 17.6 Å². The fraction of sp³-hybridized carbons (Fsp3) is 0.308. The van der Waals surface area contributed by atoms with E-state index < -0.39 is 5.82 Å². The maximum atomic E-state index is 13.9. The second kappa shape index (κ2) is 4.07. The topological polar surface area (TPSA) is 22.0 Å². The Morgan fingerprint density at radius 2 is 2.11 bits per heavy atom. The van der Waals surface area contributed by atoms with Crippen LogP contribution in [-0.2, 0) is 0 Å². The molecule has 1 aliphatic rings. The van der Waals surface area contributed by atoms with Gasteiger partial charge in [-0.2, -0.15) is 0 Å². The van der Waals surface area contributed by atoms with E-state index in [-0.39, 0.29) is 16.6 Å². The molecule has 0 spiro atoms. The van der Waals surface area contributed by atoms with Crippen molar-refractivity contribution in [2.45, 2.75) is 25.8 Å². The van der Waals surface area contributed by atoms with Gasteiger partial charge in [0.25, 0.3) is 5.56 Å². The first-order valence-electron chi connectivity index (χ1n) is 5.70. The molecule has 5 heteroatoms. The van der Waals surface area contributed by atoms with Crippen molar-refractivity contribution in [3.63, 3.8) is 0 Å². The normalized spacial score (nSPS) is 15.3. The number of fused-ring (bicyclic) bond motifs is 1. The SMILES string of the molecule is Cc1c(Br)c(F)c(Cl)c2ccc(=O)n(C3CC3)c12. The summed E-state index contributed by atoms with van der Waals surface area (Å²) in [7, 11) is 0. The Morgan fingerprint density at radius 1 is 1.44 bits per heavy atom. The average Bonchev–Trinajstić information content (AvgIpc) is 3.17. The van der Waals surface area contributed by atoms with E-state index >= 15 is 0 Å². The number of aryl methyl sites for hydroxylation is 1. The lowest BCUT2D eigenvalue weighted by Crippen LogP contribution is -2.19. The molecule has 1 aliphatic carbocycles. The van der Waals surface area contributed by atoms with Crippen molar-refractivity contribution in [3.05, 3.63) is 43.4 Å². The molecule has 0 amide bonds. The molecule has 0 radical (unpaired) electrons. The zero-order valence-corrected chi connectivity index (χ0v) is 12.0. The van der Waals surface area contributed by atoms with Crippen LogP contribution >= 0.6 is 27.5 Å². The van der Waals surface area contributed by atoms with E-state index in [4.69, 9.17) is 11.6 Å². The highest BCUT2D eigenvalue weighted by molar-refractivity contribution is 9.10. The largest absolute Gasteiger partial charge is 0.305 e. The molecular weight excluding hydrogens is 321 g/mol. The number of benzene rings is 1.